The molecule has 19 heavy (non-hydrogen) atoms. The van der Waals surface area contributed by atoms with Crippen LogP contribution in [0.25, 0.3) is 0 Å². The molecule has 108 valence electrons. The largest absolute Gasteiger partial charge is 0.464 e. The molecule has 0 bridgehead atoms. The highest BCUT2D eigenvalue weighted by atomic mass is 16.5. The van der Waals surface area contributed by atoms with Crippen LogP contribution in [0.4, 0.5) is 11.9 Å². The van der Waals surface area contributed by atoms with Crippen molar-refractivity contribution in [1.82, 2.24) is 15.0 Å². The van der Waals surface area contributed by atoms with Crippen molar-refractivity contribution in [2.75, 3.05) is 37.2 Å². The highest BCUT2D eigenvalue weighted by molar-refractivity contribution is 5.37. The number of nitrogens with zero attached hydrogens (tertiary/aromatic N) is 3. The molecule has 0 amide bonds. The third-order valence-electron chi connectivity index (χ3n) is 2.30. The van der Waals surface area contributed by atoms with E-state index in [2.05, 4.69) is 25.7 Å². The van der Waals surface area contributed by atoms with E-state index in [-0.39, 0.29) is 17.9 Å². The summed E-state index contributed by atoms with van der Waals surface area (Å²) in [4.78, 5) is 11.6. The van der Waals surface area contributed by atoms with Gasteiger partial charge in [0.1, 0.15) is 5.54 Å². The summed E-state index contributed by atoms with van der Waals surface area (Å²) in [5, 5.41) is 30.3. The first-order valence-electron chi connectivity index (χ1n) is 5.59. The molecule has 0 radical (unpaired) electrons. The van der Waals surface area contributed by atoms with Crippen molar-refractivity contribution in [3.8, 4) is 6.01 Å². The summed E-state index contributed by atoms with van der Waals surface area (Å²) in [5.74, 6) is 5.26. The predicted molar refractivity (Wildman–Crippen MR) is 66.4 cm³/mol. The standard InChI is InChI=1S/C9H18N6O4/c1-2-19-8-12-6(11-7(13-8)15-10)14-9(3-16,4-17)5-18/h16-18H,2-5,10H2,1H3,(H2,11,12,13,14,15). The number of nitrogens with one attached hydrogen (secondary N) is 2. The minimum atomic E-state index is -1.35. The monoisotopic (exact) mass is 274 g/mol. The quantitative estimate of drug-likeness (QED) is 0.224. The van der Waals surface area contributed by atoms with Gasteiger partial charge in [-0.15, -0.1) is 0 Å². The average Bonchev–Trinajstić information content (AvgIpc) is 2.45. The Kier molecular flexibility index (Phi) is 5.63. The maximum Gasteiger partial charge on any atom is 0.323 e. The second-order valence-electron chi connectivity index (χ2n) is 3.72. The fourth-order valence-electron chi connectivity index (χ4n) is 1.18. The van der Waals surface area contributed by atoms with E-state index in [1.807, 2.05) is 0 Å². The summed E-state index contributed by atoms with van der Waals surface area (Å²) in [7, 11) is 0. The summed E-state index contributed by atoms with van der Waals surface area (Å²) in [6, 6.07) is 0.0238. The lowest BCUT2D eigenvalue weighted by molar-refractivity contribution is 0.0827. The van der Waals surface area contributed by atoms with Gasteiger partial charge in [0.05, 0.1) is 26.4 Å². The predicted octanol–water partition coefficient (Wildman–Crippen LogP) is -2.32. The van der Waals surface area contributed by atoms with Gasteiger partial charge in [-0.1, -0.05) is 0 Å². The molecule has 1 rings (SSSR count). The molecule has 0 aliphatic rings. The lowest BCUT2D eigenvalue weighted by Crippen LogP contribution is -2.49. The summed E-state index contributed by atoms with van der Waals surface area (Å²) >= 11 is 0. The summed E-state index contributed by atoms with van der Waals surface area (Å²) < 4.78 is 5.12. The van der Waals surface area contributed by atoms with Crippen LogP contribution >= 0.6 is 0 Å². The maximum absolute atomic E-state index is 9.21. The summed E-state index contributed by atoms with van der Waals surface area (Å²) in [5.41, 5.74) is 0.886. The minimum absolute atomic E-state index is 0.00329. The van der Waals surface area contributed by atoms with Gasteiger partial charge in [0.15, 0.2) is 0 Å². The second-order valence-corrected chi connectivity index (χ2v) is 3.72. The lowest BCUT2D eigenvalue weighted by Gasteiger charge is -2.28. The van der Waals surface area contributed by atoms with Crippen LogP contribution in [-0.2, 0) is 0 Å². The third-order valence-corrected chi connectivity index (χ3v) is 2.30. The van der Waals surface area contributed by atoms with Crippen molar-refractivity contribution in [1.29, 1.82) is 0 Å². The number of hydrogen-bond donors (Lipinski definition) is 6. The Balaban J connectivity index is 3.01. The zero-order chi connectivity index (χ0) is 14.3. The van der Waals surface area contributed by atoms with Gasteiger partial charge >= 0.3 is 6.01 Å². The van der Waals surface area contributed by atoms with E-state index in [1.54, 1.807) is 6.92 Å². The van der Waals surface area contributed by atoms with E-state index in [0.29, 0.717) is 6.61 Å². The fraction of sp³-hybridized carbons (Fsp3) is 0.667. The Morgan fingerprint density at radius 2 is 1.68 bits per heavy atom. The van der Waals surface area contributed by atoms with Crippen LogP contribution in [0.1, 0.15) is 6.92 Å². The van der Waals surface area contributed by atoms with E-state index >= 15 is 0 Å². The molecule has 1 aromatic heterocycles. The molecule has 0 unspecified atom stereocenters. The Morgan fingerprint density at radius 3 is 2.16 bits per heavy atom. The van der Waals surface area contributed by atoms with Gasteiger partial charge in [-0.25, -0.2) is 5.84 Å². The van der Waals surface area contributed by atoms with E-state index in [0.717, 1.165) is 0 Å². The van der Waals surface area contributed by atoms with Crippen LogP contribution in [0.2, 0.25) is 0 Å². The molecule has 10 heteroatoms. The smallest absolute Gasteiger partial charge is 0.323 e. The molecule has 7 N–H and O–H groups in total. The maximum atomic E-state index is 9.21. The van der Waals surface area contributed by atoms with E-state index in [1.165, 1.54) is 0 Å². The van der Waals surface area contributed by atoms with Crippen molar-refractivity contribution in [3.05, 3.63) is 0 Å². The SMILES string of the molecule is CCOc1nc(NN)nc(NC(CO)(CO)CO)n1. The number of anilines is 2. The summed E-state index contributed by atoms with van der Waals surface area (Å²) in [6.45, 7) is 0.563. The number of rotatable bonds is 8. The lowest BCUT2D eigenvalue weighted by atomic mass is 10.0. The first kappa shape index (κ1) is 15.3. The van der Waals surface area contributed by atoms with Crippen molar-refractivity contribution in [2.45, 2.75) is 12.5 Å². The Morgan fingerprint density at radius 1 is 1.11 bits per heavy atom. The molecule has 1 aromatic rings. The first-order valence-corrected chi connectivity index (χ1v) is 5.59. The zero-order valence-corrected chi connectivity index (χ0v) is 10.5. The van der Waals surface area contributed by atoms with Crippen LogP contribution in [-0.4, -0.2) is 62.2 Å². The van der Waals surface area contributed by atoms with E-state index in [9.17, 15) is 15.3 Å². The van der Waals surface area contributed by atoms with Crippen LogP contribution in [0.15, 0.2) is 0 Å². The molecule has 0 spiro atoms. The number of aliphatic hydroxyl groups excluding tert-OH is 3. The van der Waals surface area contributed by atoms with Crippen LogP contribution < -0.4 is 21.3 Å². The molecule has 0 aliphatic heterocycles. The number of aromatic nitrogens is 3. The number of ether oxygens (including phenoxy) is 1. The summed E-state index contributed by atoms with van der Waals surface area (Å²) in [6.07, 6.45) is 0. The van der Waals surface area contributed by atoms with Gasteiger partial charge in [-0.2, -0.15) is 15.0 Å². The number of nitrogens with two attached hydrogens (primary N) is 1. The molecular formula is C9H18N6O4. The average molecular weight is 274 g/mol. The van der Waals surface area contributed by atoms with Crippen LogP contribution in [0.5, 0.6) is 6.01 Å². The third kappa shape index (κ3) is 3.86. The molecular weight excluding hydrogens is 256 g/mol. The molecule has 10 nitrogen and oxygen atoms in total. The van der Waals surface area contributed by atoms with Gasteiger partial charge in [0, 0.05) is 0 Å². The van der Waals surface area contributed by atoms with Gasteiger partial charge < -0.3 is 25.4 Å². The highest BCUT2D eigenvalue weighted by Gasteiger charge is 2.29. The van der Waals surface area contributed by atoms with Gasteiger partial charge in [-0.05, 0) is 6.92 Å². The Bertz CT molecular complexity index is 392. The van der Waals surface area contributed by atoms with Gasteiger partial charge in [-0.3, -0.25) is 5.43 Å². The number of aliphatic hydroxyl groups is 3. The molecule has 1 heterocycles. The molecule has 0 saturated carbocycles. The topological polar surface area (TPSA) is 159 Å². The molecule has 0 saturated heterocycles. The molecule has 0 fully saturated rings. The van der Waals surface area contributed by atoms with Crippen LogP contribution in [0, 0.1) is 0 Å². The van der Waals surface area contributed by atoms with E-state index in [4.69, 9.17) is 10.6 Å². The van der Waals surface area contributed by atoms with Crippen molar-refractivity contribution in [2.24, 2.45) is 5.84 Å². The minimum Gasteiger partial charge on any atom is -0.464 e. The molecule has 0 atom stereocenters. The number of hydrogen-bond acceptors (Lipinski definition) is 10. The second kappa shape index (κ2) is 6.99. The Labute approximate surface area is 109 Å². The number of hydrazine groups is 1. The van der Waals surface area contributed by atoms with Gasteiger partial charge in [0.2, 0.25) is 11.9 Å². The highest BCUT2D eigenvalue weighted by Crippen LogP contribution is 2.15. The van der Waals surface area contributed by atoms with Crippen molar-refractivity contribution >= 4 is 11.9 Å². The molecule has 0 aromatic carbocycles. The van der Waals surface area contributed by atoms with Gasteiger partial charge in [0.25, 0.3) is 0 Å². The van der Waals surface area contributed by atoms with E-state index < -0.39 is 25.4 Å². The van der Waals surface area contributed by atoms with Crippen LogP contribution in [0.3, 0.4) is 0 Å². The molecule has 0 aliphatic carbocycles. The number of nitrogen functional groups attached to an aromatic ring is 1. The van der Waals surface area contributed by atoms with Crippen molar-refractivity contribution < 1.29 is 20.1 Å². The fourth-order valence-corrected chi connectivity index (χ4v) is 1.18. The normalized spacial score (nSPS) is 11.2. The first-order chi connectivity index (χ1) is 9.12. The van der Waals surface area contributed by atoms with Crippen molar-refractivity contribution in [3.63, 3.8) is 0 Å². The zero-order valence-electron chi connectivity index (χ0n) is 10.5. The Hall–Kier alpha value is -1.75.